The number of thiazole rings is 1. The Morgan fingerprint density at radius 3 is 2.95 bits per heavy atom. The normalized spacial score (nSPS) is 21.5. The molecule has 1 fully saturated rings. The highest BCUT2D eigenvalue weighted by molar-refractivity contribution is 7.11. The highest BCUT2D eigenvalue weighted by atomic mass is 32.1. The maximum atomic E-state index is 12.0. The van der Waals surface area contributed by atoms with Crippen molar-refractivity contribution < 1.29 is 9.59 Å². The van der Waals surface area contributed by atoms with Crippen molar-refractivity contribution in [2.75, 3.05) is 20.1 Å². The van der Waals surface area contributed by atoms with Gasteiger partial charge < -0.3 is 10.2 Å². The van der Waals surface area contributed by atoms with Gasteiger partial charge in [0.15, 0.2) is 0 Å². The topological polar surface area (TPSA) is 62.3 Å². The highest BCUT2D eigenvalue weighted by Gasteiger charge is 2.31. The maximum absolute atomic E-state index is 12.0. The number of carbonyl (C=O) groups is 2. The number of nitrogens with zero attached hydrogens (tertiary/aromatic N) is 2. The Balaban J connectivity index is 1.46. The van der Waals surface area contributed by atoms with Crippen LogP contribution in [-0.4, -0.2) is 41.8 Å². The molecule has 1 unspecified atom stereocenters. The van der Waals surface area contributed by atoms with Crippen LogP contribution in [0.25, 0.3) is 0 Å². The summed E-state index contributed by atoms with van der Waals surface area (Å²) in [5.41, 5.74) is 1.27. The van der Waals surface area contributed by atoms with Crippen LogP contribution >= 0.6 is 11.3 Å². The molecule has 1 aromatic heterocycles. The number of hydrogen-bond acceptors (Lipinski definition) is 4. The van der Waals surface area contributed by atoms with Gasteiger partial charge in [0.05, 0.1) is 16.6 Å². The smallest absolute Gasteiger partial charge is 0.225 e. The van der Waals surface area contributed by atoms with Crippen LogP contribution in [0.2, 0.25) is 0 Å². The molecule has 2 aliphatic rings. The summed E-state index contributed by atoms with van der Waals surface area (Å²) in [6, 6.07) is 0. The molecule has 1 saturated heterocycles. The molecule has 1 aromatic rings. The lowest BCUT2D eigenvalue weighted by Crippen LogP contribution is -2.33. The van der Waals surface area contributed by atoms with E-state index in [0.29, 0.717) is 19.5 Å². The van der Waals surface area contributed by atoms with Crippen molar-refractivity contribution in [2.24, 2.45) is 5.92 Å². The Hall–Kier alpha value is -1.43. The Morgan fingerprint density at radius 1 is 1.43 bits per heavy atom. The Morgan fingerprint density at radius 2 is 2.24 bits per heavy atom. The first-order valence-electron chi connectivity index (χ1n) is 7.62. The molecular weight excluding hydrogens is 286 g/mol. The molecule has 0 radical (unpaired) electrons. The molecule has 0 aromatic carbocycles. The number of aryl methyl sites for hydroxylation is 2. The lowest BCUT2D eigenvalue weighted by atomic mass is 10.0. The van der Waals surface area contributed by atoms with Gasteiger partial charge in [0, 0.05) is 37.9 Å². The summed E-state index contributed by atoms with van der Waals surface area (Å²) in [5.74, 6) is -0.135. The predicted molar refractivity (Wildman–Crippen MR) is 81.2 cm³/mol. The van der Waals surface area contributed by atoms with Gasteiger partial charge in [0.1, 0.15) is 0 Å². The third kappa shape index (κ3) is 3.26. The summed E-state index contributed by atoms with van der Waals surface area (Å²) in [5, 5.41) is 4.07. The second kappa shape index (κ2) is 6.13. The first kappa shape index (κ1) is 14.5. The van der Waals surface area contributed by atoms with E-state index >= 15 is 0 Å². The minimum Gasteiger partial charge on any atom is -0.355 e. The van der Waals surface area contributed by atoms with Crippen LogP contribution in [0.1, 0.15) is 34.8 Å². The number of rotatable bonds is 4. The molecule has 0 saturated carbocycles. The molecule has 2 heterocycles. The van der Waals surface area contributed by atoms with Gasteiger partial charge in [-0.1, -0.05) is 0 Å². The molecule has 5 nitrogen and oxygen atoms in total. The number of fused-ring (bicyclic) bond motifs is 1. The van der Waals surface area contributed by atoms with Crippen LogP contribution in [-0.2, 0) is 28.9 Å². The SMILES string of the molecule is CN1CC(C(=O)NCCc2nc3c(s2)CCCC3)CC1=O. The molecule has 0 spiro atoms. The van der Waals surface area contributed by atoms with Crippen molar-refractivity contribution in [3.63, 3.8) is 0 Å². The van der Waals surface area contributed by atoms with E-state index < -0.39 is 0 Å². The summed E-state index contributed by atoms with van der Waals surface area (Å²) < 4.78 is 0. The van der Waals surface area contributed by atoms with Crippen molar-refractivity contribution in [3.8, 4) is 0 Å². The second-order valence-electron chi connectivity index (χ2n) is 5.90. The Labute approximate surface area is 128 Å². The van der Waals surface area contributed by atoms with E-state index in [4.69, 9.17) is 0 Å². The van der Waals surface area contributed by atoms with E-state index in [1.165, 1.54) is 23.4 Å². The van der Waals surface area contributed by atoms with Gasteiger partial charge in [-0.3, -0.25) is 9.59 Å². The van der Waals surface area contributed by atoms with Crippen LogP contribution in [0.4, 0.5) is 0 Å². The third-order valence-electron chi connectivity index (χ3n) is 4.24. The van der Waals surface area contributed by atoms with Crippen LogP contribution in [0.15, 0.2) is 0 Å². The van der Waals surface area contributed by atoms with Crippen molar-refractivity contribution >= 4 is 23.2 Å². The monoisotopic (exact) mass is 307 g/mol. The molecular formula is C15H21N3O2S. The van der Waals surface area contributed by atoms with E-state index in [0.717, 1.165) is 24.3 Å². The quantitative estimate of drug-likeness (QED) is 0.908. The van der Waals surface area contributed by atoms with Crippen molar-refractivity contribution in [2.45, 2.75) is 38.5 Å². The van der Waals surface area contributed by atoms with E-state index in [2.05, 4.69) is 10.3 Å². The molecule has 0 bridgehead atoms. The van der Waals surface area contributed by atoms with Gasteiger partial charge in [-0.25, -0.2) is 4.98 Å². The van der Waals surface area contributed by atoms with Crippen molar-refractivity contribution in [3.05, 3.63) is 15.6 Å². The number of likely N-dealkylation sites (tertiary alicyclic amines) is 1. The zero-order valence-corrected chi connectivity index (χ0v) is 13.2. The fourth-order valence-electron chi connectivity index (χ4n) is 2.99. The van der Waals surface area contributed by atoms with E-state index in [-0.39, 0.29) is 17.7 Å². The van der Waals surface area contributed by atoms with Gasteiger partial charge >= 0.3 is 0 Å². The Bertz CT molecular complexity index is 532. The van der Waals surface area contributed by atoms with Crippen LogP contribution < -0.4 is 5.32 Å². The fraction of sp³-hybridized carbons (Fsp3) is 0.667. The number of amides is 2. The summed E-state index contributed by atoms with van der Waals surface area (Å²) in [7, 11) is 1.75. The lowest BCUT2D eigenvalue weighted by Gasteiger charge is -2.10. The van der Waals surface area contributed by atoms with Crippen LogP contribution in [0.5, 0.6) is 0 Å². The standard InChI is InChI=1S/C15H21N3O2S/c1-18-9-10(8-14(18)19)15(20)16-7-6-13-17-11-4-2-3-5-12(11)21-13/h10H,2-9H2,1H3,(H,16,20). The van der Waals surface area contributed by atoms with Crippen molar-refractivity contribution in [1.82, 2.24) is 15.2 Å². The maximum Gasteiger partial charge on any atom is 0.225 e. The Kier molecular flexibility index (Phi) is 4.24. The van der Waals surface area contributed by atoms with Gasteiger partial charge in [0.25, 0.3) is 0 Å². The molecule has 1 atom stereocenters. The molecule has 1 aliphatic heterocycles. The second-order valence-corrected chi connectivity index (χ2v) is 7.07. The largest absolute Gasteiger partial charge is 0.355 e. The molecule has 6 heteroatoms. The minimum absolute atomic E-state index is 0.00554. The summed E-state index contributed by atoms with van der Waals surface area (Å²) in [6.07, 6.45) is 5.92. The van der Waals surface area contributed by atoms with Crippen molar-refractivity contribution in [1.29, 1.82) is 0 Å². The van der Waals surface area contributed by atoms with Crippen LogP contribution in [0, 0.1) is 5.92 Å². The molecule has 1 aliphatic carbocycles. The third-order valence-corrected chi connectivity index (χ3v) is 5.46. The van der Waals surface area contributed by atoms with Gasteiger partial charge in [-0.2, -0.15) is 0 Å². The van der Waals surface area contributed by atoms with E-state index in [9.17, 15) is 9.59 Å². The number of hydrogen-bond donors (Lipinski definition) is 1. The number of carbonyl (C=O) groups excluding carboxylic acids is 2. The van der Waals surface area contributed by atoms with Crippen LogP contribution in [0.3, 0.4) is 0 Å². The predicted octanol–water partition coefficient (Wildman–Crippen LogP) is 1.16. The highest BCUT2D eigenvalue weighted by Crippen LogP contribution is 2.26. The first-order chi connectivity index (χ1) is 10.1. The molecule has 114 valence electrons. The van der Waals surface area contributed by atoms with Gasteiger partial charge in [-0.15, -0.1) is 11.3 Å². The molecule has 21 heavy (non-hydrogen) atoms. The number of aromatic nitrogens is 1. The zero-order valence-electron chi connectivity index (χ0n) is 12.4. The first-order valence-corrected chi connectivity index (χ1v) is 8.44. The number of nitrogens with one attached hydrogen (secondary N) is 1. The minimum atomic E-state index is -0.188. The summed E-state index contributed by atoms with van der Waals surface area (Å²) in [4.78, 5) is 31.2. The molecule has 1 N–H and O–H groups in total. The lowest BCUT2D eigenvalue weighted by molar-refractivity contribution is -0.128. The van der Waals surface area contributed by atoms with Gasteiger partial charge in [-0.05, 0) is 25.7 Å². The summed E-state index contributed by atoms with van der Waals surface area (Å²) in [6.45, 7) is 1.15. The average molecular weight is 307 g/mol. The van der Waals surface area contributed by atoms with Gasteiger partial charge in [0.2, 0.25) is 11.8 Å². The molecule has 3 rings (SSSR count). The fourth-order valence-corrected chi connectivity index (χ4v) is 4.14. The average Bonchev–Trinajstić information content (AvgIpc) is 3.02. The zero-order chi connectivity index (χ0) is 14.8. The summed E-state index contributed by atoms with van der Waals surface area (Å²) >= 11 is 1.80. The van der Waals surface area contributed by atoms with E-state index in [1.54, 1.807) is 23.3 Å². The van der Waals surface area contributed by atoms with E-state index in [1.807, 2.05) is 0 Å². The molecule has 2 amide bonds.